The predicted octanol–water partition coefficient (Wildman–Crippen LogP) is 8.26. The van der Waals surface area contributed by atoms with Gasteiger partial charge in [-0.2, -0.15) is 9.13 Å². The zero-order chi connectivity index (χ0) is 30.4. The van der Waals surface area contributed by atoms with Crippen LogP contribution < -0.4 is 9.67 Å². The molecule has 4 nitrogen and oxygen atoms in total. The lowest BCUT2D eigenvalue weighted by molar-refractivity contribution is -0.603. The lowest BCUT2D eigenvalue weighted by atomic mass is 9.85. The molecule has 4 heteroatoms. The molecule has 41 heavy (non-hydrogen) atoms. The van der Waals surface area contributed by atoms with Crippen molar-refractivity contribution in [3.05, 3.63) is 94.1 Å². The van der Waals surface area contributed by atoms with Gasteiger partial charge < -0.3 is 5.11 Å². The molecule has 0 saturated heterocycles. The Kier molecular flexibility index (Phi) is 8.55. The normalized spacial score (nSPS) is 15.6. The van der Waals surface area contributed by atoms with Crippen molar-refractivity contribution in [2.75, 3.05) is 0 Å². The molecule has 218 valence electrons. The third kappa shape index (κ3) is 5.71. The zero-order valence-electron chi connectivity index (χ0n) is 26.9. The van der Waals surface area contributed by atoms with E-state index in [9.17, 15) is 9.90 Å². The summed E-state index contributed by atoms with van der Waals surface area (Å²) in [6.07, 6.45) is 6.13. The van der Waals surface area contributed by atoms with E-state index in [2.05, 4.69) is 122 Å². The van der Waals surface area contributed by atoms with Crippen LogP contribution in [0.1, 0.15) is 134 Å². The fourth-order valence-electron chi connectivity index (χ4n) is 5.93. The molecule has 0 unspecified atom stereocenters. The Labute approximate surface area is 247 Å². The van der Waals surface area contributed by atoms with Crippen LogP contribution in [0.3, 0.4) is 0 Å². The Bertz CT molecular complexity index is 1390. The number of ketones is 1. The molecule has 1 aliphatic carbocycles. The average molecular weight is 553 g/mol. The zero-order valence-corrected chi connectivity index (χ0v) is 26.9. The molecule has 3 aromatic rings. The van der Waals surface area contributed by atoms with E-state index in [-0.39, 0.29) is 40.6 Å². The lowest BCUT2D eigenvalue weighted by Crippen LogP contribution is -2.39. The van der Waals surface area contributed by atoms with Gasteiger partial charge in [0.1, 0.15) is 23.8 Å². The van der Waals surface area contributed by atoms with E-state index in [1.165, 1.54) is 22.3 Å². The highest BCUT2D eigenvalue weighted by Gasteiger charge is 2.33. The largest absolute Gasteiger partial charge is 0.867 e. The monoisotopic (exact) mass is 552 g/mol. The Balaban J connectivity index is 2.16. The summed E-state index contributed by atoms with van der Waals surface area (Å²) in [5.74, 6) is 1.18. The highest BCUT2D eigenvalue weighted by molar-refractivity contribution is 6.11. The smallest absolute Gasteiger partial charge is 0.284 e. The van der Waals surface area contributed by atoms with Crippen LogP contribution in [0.25, 0.3) is 17.1 Å². The molecule has 1 aliphatic rings. The number of carbonyl (C=O) groups excluding carboxylic acids is 1. The van der Waals surface area contributed by atoms with Crippen molar-refractivity contribution in [3.63, 3.8) is 0 Å². The second-order valence-electron chi connectivity index (χ2n) is 13.8. The number of hydrogen-bond donors (Lipinski definition) is 0. The van der Waals surface area contributed by atoms with Gasteiger partial charge in [-0.15, -0.1) is 0 Å². The fraction of sp³-hybridized carbons (Fsp3) is 0.459. The number of imidazole rings is 1. The van der Waals surface area contributed by atoms with Crippen molar-refractivity contribution >= 4 is 11.5 Å². The molecule has 0 atom stereocenters. The highest BCUT2D eigenvalue weighted by atomic mass is 16.3. The molecule has 0 spiro atoms. The van der Waals surface area contributed by atoms with Gasteiger partial charge in [-0.25, -0.2) is 0 Å². The molecule has 1 aromatic heterocycles. The SMILES string of the molecule is CC(C)c1cccc(C(C)C)c1-n1cc[n+](-c2c(C(C)C)cccc2C(C)C)c1/C([O-])=C1/CC(C(C)(C)C)=CC1=O. The summed E-state index contributed by atoms with van der Waals surface area (Å²) in [7, 11) is 0. The number of benzene rings is 2. The van der Waals surface area contributed by atoms with Crippen molar-refractivity contribution in [1.29, 1.82) is 0 Å². The Morgan fingerprint density at radius 3 is 1.68 bits per heavy atom. The number of nitrogens with zero attached hydrogens (tertiary/aromatic N) is 2. The number of carbonyl (C=O) groups is 1. The maximum atomic E-state index is 14.8. The first-order valence-corrected chi connectivity index (χ1v) is 15.2. The minimum absolute atomic E-state index is 0.165. The predicted molar refractivity (Wildman–Crippen MR) is 168 cm³/mol. The lowest BCUT2D eigenvalue weighted by Gasteiger charge is -2.23. The van der Waals surface area contributed by atoms with Gasteiger partial charge >= 0.3 is 0 Å². The topological polar surface area (TPSA) is 48.9 Å². The Morgan fingerprint density at radius 2 is 1.27 bits per heavy atom. The van der Waals surface area contributed by atoms with E-state index >= 15 is 0 Å². The molecule has 0 amide bonds. The van der Waals surface area contributed by atoms with E-state index in [4.69, 9.17) is 0 Å². The summed E-state index contributed by atoms with van der Waals surface area (Å²) in [6, 6.07) is 12.9. The first-order chi connectivity index (χ1) is 19.1. The molecule has 0 bridgehead atoms. The van der Waals surface area contributed by atoms with E-state index < -0.39 is 0 Å². The van der Waals surface area contributed by atoms with Crippen LogP contribution in [0.5, 0.6) is 0 Å². The van der Waals surface area contributed by atoms with Gasteiger partial charge in [-0.05, 0) is 47.3 Å². The van der Waals surface area contributed by atoms with E-state index in [1.54, 1.807) is 6.08 Å². The maximum absolute atomic E-state index is 14.8. The second kappa shape index (κ2) is 11.5. The van der Waals surface area contributed by atoms with Gasteiger partial charge in [-0.3, -0.25) is 4.79 Å². The molecule has 0 fully saturated rings. The van der Waals surface area contributed by atoms with Crippen molar-refractivity contribution in [1.82, 2.24) is 4.57 Å². The number of aromatic nitrogens is 2. The summed E-state index contributed by atoms with van der Waals surface area (Å²) in [5, 5.41) is 14.8. The quantitative estimate of drug-likeness (QED) is 0.168. The van der Waals surface area contributed by atoms with E-state index in [1.807, 2.05) is 12.4 Å². The first-order valence-electron chi connectivity index (χ1n) is 15.2. The van der Waals surface area contributed by atoms with Crippen LogP contribution in [0.2, 0.25) is 0 Å². The molecule has 0 N–H and O–H groups in total. The van der Waals surface area contributed by atoms with E-state index in [0.29, 0.717) is 17.8 Å². The van der Waals surface area contributed by atoms with Crippen LogP contribution in [0.15, 0.2) is 66.0 Å². The van der Waals surface area contributed by atoms with Crippen molar-refractivity contribution in [2.45, 2.75) is 106 Å². The minimum Gasteiger partial charge on any atom is -0.867 e. The van der Waals surface area contributed by atoms with Crippen LogP contribution in [0, 0.1) is 5.41 Å². The molecule has 4 rings (SSSR count). The van der Waals surface area contributed by atoms with Gasteiger partial charge in [0.05, 0.1) is 0 Å². The van der Waals surface area contributed by atoms with Crippen molar-refractivity contribution in [3.8, 4) is 11.4 Å². The summed E-state index contributed by atoms with van der Waals surface area (Å²) in [6.45, 7) is 23.9. The number of para-hydroxylation sites is 2. The fourth-order valence-corrected chi connectivity index (χ4v) is 5.93. The summed E-state index contributed by atoms with van der Waals surface area (Å²) in [4.78, 5) is 13.4. The summed E-state index contributed by atoms with van der Waals surface area (Å²) < 4.78 is 4.15. The molecule has 1 heterocycles. The number of allylic oxidation sites excluding steroid dienone is 3. The van der Waals surface area contributed by atoms with Crippen LogP contribution in [-0.2, 0) is 4.79 Å². The third-order valence-corrected chi connectivity index (χ3v) is 8.40. The number of hydrogen-bond acceptors (Lipinski definition) is 2. The average Bonchev–Trinajstić information content (AvgIpc) is 3.51. The first kappa shape index (κ1) is 30.6. The van der Waals surface area contributed by atoms with Gasteiger partial charge in [0, 0.05) is 27.8 Å². The Hall–Kier alpha value is -3.40. The third-order valence-electron chi connectivity index (χ3n) is 8.40. The standard InChI is InChI=1S/C37H48N2O2/c1-22(2)27-14-12-15-28(23(3)4)33(27)38-18-19-39(34-29(24(5)6)16-13-17-30(34)25(7)8)36(38)35(41)31-20-26(21-32(31)40)37(9,10)11/h12-19,21-25H,20H2,1-11H3. The molecular formula is C37H48N2O2. The van der Waals surface area contributed by atoms with E-state index in [0.717, 1.165) is 16.9 Å². The molecule has 0 radical (unpaired) electrons. The molecule has 0 saturated carbocycles. The van der Waals surface area contributed by atoms with Crippen LogP contribution in [0.4, 0.5) is 0 Å². The van der Waals surface area contributed by atoms with Gasteiger partial charge in [0.25, 0.3) is 5.82 Å². The summed E-state index contributed by atoms with van der Waals surface area (Å²) in [5.41, 5.74) is 8.01. The van der Waals surface area contributed by atoms with Crippen molar-refractivity contribution in [2.24, 2.45) is 5.41 Å². The van der Waals surface area contributed by atoms with Gasteiger partial charge in [-0.1, -0.05) is 118 Å². The van der Waals surface area contributed by atoms with Crippen LogP contribution in [-0.4, -0.2) is 10.4 Å². The summed E-state index contributed by atoms with van der Waals surface area (Å²) >= 11 is 0. The minimum atomic E-state index is -0.197. The molecular weight excluding hydrogens is 504 g/mol. The highest BCUT2D eigenvalue weighted by Crippen LogP contribution is 2.39. The van der Waals surface area contributed by atoms with Gasteiger partial charge in [0.2, 0.25) is 0 Å². The van der Waals surface area contributed by atoms with Crippen LogP contribution >= 0.6 is 0 Å². The molecule has 0 aliphatic heterocycles. The maximum Gasteiger partial charge on any atom is 0.284 e. The molecule has 2 aromatic carbocycles. The Morgan fingerprint density at radius 1 is 0.805 bits per heavy atom. The van der Waals surface area contributed by atoms with Gasteiger partial charge in [0.15, 0.2) is 5.78 Å². The van der Waals surface area contributed by atoms with Crippen molar-refractivity contribution < 1.29 is 14.5 Å². The number of rotatable bonds is 7. The second-order valence-corrected chi connectivity index (χ2v) is 13.8.